The van der Waals surface area contributed by atoms with Crippen LogP contribution in [0.25, 0.3) is 0 Å². The molecule has 0 unspecified atom stereocenters. The second-order valence-corrected chi connectivity index (χ2v) is 2.30. The number of rotatable bonds is 2. The summed E-state index contributed by atoms with van der Waals surface area (Å²) in [7, 11) is 0. The fraction of sp³-hybridized carbons (Fsp3) is 0.375. The highest BCUT2D eigenvalue weighted by molar-refractivity contribution is 5.94. The van der Waals surface area contributed by atoms with Gasteiger partial charge in [0.2, 0.25) is 0 Å². The van der Waals surface area contributed by atoms with Gasteiger partial charge in [-0.05, 0) is 18.6 Å². The molecular weight excluding hydrogens is 144 g/mol. The van der Waals surface area contributed by atoms with Gasteiger partial charge in [0.25, 0.3) is 0 Å². The molecule has 1 rings (SSSR count). The Labute approximate surface area is 65.0 Å². The molecule has 0 bridgehead atoms. The molecule has 0 aromatic rings. The van der Waals surface area contributed by atoms with E-state index >= 15 is 0 Å². The molecule has 60 valence electrons. The lowest BCUT2D eigenvalue weighted by Gasteiger charge is -2.19. The average Bonchev–Trinajstić information content (AvgIpc) is 1.98. The summed E-state index contributed by atoms with van der Waals surface area (Å²) in [5, 5.41) is 8.93. The number of ketones is 1. The number of hydrogen-bond acceptors (Lipinski definition) is 3. The summed E-state index contributed by atoms with van der Waals surface area (Å²) in [5.41, 5.74) is 0. The van der Waals surface area contributed by atoms with E-state index in [1.807, 2.05) is 0 Å². The maximum atomic E-state index is 11.0. The molecule has 3 heteroatoms. The van der Waals surface area contributed by atoms with Crippen LogP contribution < -0.4 is 0 Å². The molecule has 0 radical (unpaired) electrons. The van der Waals surface area contributed by atoms with Crippen molar-refractivity contribution in [2.24, 2.45) is 0 Å². The van der Waals surface area contributed by atoms with Gasteiger partial charge in [0.1, 0.15) is 6.10 Å². The molecule has 1 heterocycles. The molecule has 0 spiro atoms. The molecular formula is C8H10O3. The number of aliphatic hydroxyl groups excluding tert-OH is 1. The van der Waals surface area contributed by atoms with Gasteiger partial charge >= 0.3 is 0 Å². The van der Waals surface area contributed by atoms with Crippen LogP contribution in [0.3, 0.4) is 0 Å². The van der Waals surface area contributed by atoms with Crippen LogP contribution in [0.4, 0.5) is 0 Å². The molecule has 0 aliphatic carbocycles. The molecule has 0 fully saturated rings. The monoisotopic (exact) mass is 154 g/mol. The summed E-state index contributed by atoms with van der Waals surface area (Å²) in [4.78, 5) is 11.0. The minimum atomic E-state index is -0.947. The summed E-state index contributed by atoms with van der Waals surface area (Å²) >= 11 is 0. The van der Waals surface area contributed by atoms with Crippen LogP contribution >= 0.6 is 0 Å². The SMILES string of the molecule is C=CC[C@@H]1O[C@@H](O)C=CC1=O. The fourth-order valence-corrected chi connectivity index (χ4v) is 0.888. The Balaban J connectivity index is 2.60. The largest absolute Gasteiger partial charge is 0.365 e. The Morgan fingerprint density at radius 2 is 2.55 bits per heavy atom. The van der Waals surface area contributed by atoms with Crippen LogP contribution in [-0.4, -0.2) is 23.3 Å². The van der Waals surface area contributed by atoms with Crippen molar-refractivity contribution in [2.75, 3.05) is 0 Å². The average molecular weight is 154 g/mol. The predicted molar refractivity (Wildman–Crippen MR) is 39.8 cm³/mol. The first-order valence-corrected chi connectivity index (χ1v) is 3.40. The zero-order valence-electron chi connectivity index (χ0n) is 6.06. The fourth-order valence-electron chi connectivity index (χ4n) is 0.888. The van der Waals surface area contributed by atoms with Crippen molar-refractivity contribution in [1.82, 2.24) is 0 Å². The lowest BCUT2D eigenvalue weighted by Crippen LogP contribution is -2.30. The molecule has 3 nitrogen and oxygen atoms in total. The third-order valence-electron chi connectivity index (χ3n) is 1.43. The summed E-state index contributed by atoms with van der Waals surface area (Å²) in [6.07, 6.45) is 3.20. The summed E-state index contributed by atoms with van der Waals surface area (Å²) in [5.74, 6) is -0.116. The molecule has 1 N–H and O–H groups in total. The van der Waals surface area contributed by atoms with E-state index in [4.69, 9.17) is 9.84 Å². The number of hydrogen-bond donors (Lipinski definition) is 1. The minimum absolute atomic E-state index is 0.116. The van der Waals surface area contributed by atoms with E-state index in [1.165, 1.54) is 12.2 Å². The molecule has 0 saturated carbocycles. The van der Waals surface area contributed by atoms with Gasteiger partial charge in [0.05, 0.1) is 0 Å². The Morgan fingerprint density at radius 3 is 3.18 bits per heavy atom. The first kappa shape index (κ1) is 8.17. The number of carbonyl (C=O) groups is 1. The zero-order valence-corrected chi connectivity index (χ0v) is 6.06. The molecule has 2 atom stereocenters. The van der Waals surface area contributed by atoms with Crippen LogP contribution in [0.1, 0.15) is 6.42 Å². The Kier molecular flexibility index (Phi) is 2.57. The third kappa shape index (κ3) is 2.00. The summed E-state index contributed by atoms with van der Waals surface area (Å²) in [6.45, 7) is 3.48. The normalized spacial score (nSPS) is 30.5. The lowest BCUT2D eigenvalue weighted by molar-refractivity contribution is -0.147. The third-order valence-corrected chi connectivity index (χ3v) is 1.43. The van der Waals surface area contributed by atoms with Crippen molar-refractivity contribution >= 4 is 5.78 Å². The highest BCUT2D eigenvalue weighted by Crippen LogP contribution is 2.10. The van der Waals surface area contributed by atoms with Gasteiger partial charge in [0.15, 0.2) is 12.1 Å². The zero-order chi connectivity index (χ0) is 8.27. The van der Waals surface area contributed by atoms with E-state index in [0.29, 0.717) is 6.42 Å². The second kappa shape index (κ2) is 3.46. The molecule has 0 aromatic carbocycles. The van der Waals surface area contributed by atoms with Gasteiger partial charge < -0.3 is 9.84 Å². The Morgan fingerprint density at radius 1 is 1.82 bits per heavy atom. The van der Waals surface area contributed by atoms with Gasteiger partial charge in [-0.25, -0.2) is 0 Å². The molecule has 11 heavy (non-hydrogen) atoms. The predicted octanol–water partition coefficient (Wildman–Crippen LogP) is 0.405. The summed E-state index contributed by atoms with van der Waals surface area (Å²) in [6, 6.07) is 0. The molecule has 1 aliphatic heterocycles. The molecule has 1 aliphatic rings. The summed E-state index contributed by atoms with van der Waals surface area (Å²) < 4.78 is 4.89. The number of carbonyl (C=O) groups excluding carboxylic acids is 1. The van der Waals surface area contributed by atoms with Crippen LogP contribution in [-0.2, 0) is 9.53 Å². The van der Waals surface area contributed by atoms with Crippen LogP contribution in [0.2, 0.25) is 0 Å². The van der Waals surface area contributed by atoms with Crippen molar-refractivity contribution in [1.29, 1.82) is 0 Å². The number of aliphatic hydroxyl groups is 1. The van der Waals surface area contributed by atoms with E-state index in [1.54, 1.807) is 6.08 Å². The first-order chi connectivity index (χ1) is 5.24. The van der Waals surface area contributed by atoms with Gasteiger partial charge in [-0.1, -0.05) is 6.08 Å². The first-order valence-electron chi connectivity index (χ1n) is 3.40. The maximum absolute atomic E-state index is 11.0. The smallest absolute Gasteiger partial charge is 0.184 e. The highest BCUT2D eigenvalue weighted by Gasteiger charge is 2.21. The molecule has 0 amide bonds. The standard InChI is InChI=1S/C8H10O3/c1-2-3-7-6(9)4-5-8(10)11-7/h2,4-5,7-8,10H,1,3H2/t7-,8+/m0/s1. The quantitative estimate of drug-likeness (QED) is 0.586. The van der Waals surface area contributed by atoms with Gasteiger partial charge in [-0.2, -0.15) is 0 Å². The topological polar surface area (TPSA) is 46.5 Å². The Hall–Kier alpha value is -0.930. The van der Waals surface area contributed by atoms with Crippen molar-refractivity contribution < 1.29 is 14.6 Å². The second-order valence-electron chi connectivity index (χ2n) is 2.30. The highest BCUT2D eigenvalue weighted by atomic mass is 16.6. The van der Waals surface area contributed by atoms with Crippen molar-refractivity contribution in [2.45, 2.75) is 18.8 Å². The lowest BCUT2D eigenvalue weighted by atomic mass is 10.1. The minimum Gasteiger partial charge on any atom is -0.365 e. The maximum Gasteiger partial charge on any atom is 0.184 e. The van der Waals surface area contributed by atoms with Crippen molar-refractivity contribution in [3.63, 3.8) is 0 Å². The van der Waals surface area contributed by atoms with E-state index in [-0.39, 0.29) is 5.78 Å². The van der Waals surface area contributed by atoms with E-state index in [0.717, 1.165) is 0 Å². The Bertz CT molecular complexity index is 196. The molecule has 0 aromatic heterocycles. The van der Waals surface area contributed by atoms with Crippen molar-refractivity contribution in [3.8, 4) is 0 Å². The van der Waals surface area contributed by atoms with Crippen molar-refractivity contribution in [3.05, 3.63) is 24.8 Å². The molecule has 0 saturated heterocycles. The van der Waals surface area contributed by atoms with Crippen LogP contribution in [0.15, 0.2) is 24.8 Å². The van der Waals surface area contributed by atoms with Crippen LogP contribution in [0.5, 0.6) is 0 Å². The van der Waals surface area contributed by atoms with E-state index in [9.17, 15) is 4.79 Å². The van der Waals surface area contributed by atoms with Crippen LogP contribution in [0, 0.1) is 0 Å². The van der Waals surface area contributed by atoms with E-state index in [2.05, 4.69) is 6.58 Å². The number of ether oxygens (including phenoxy) is 1. The van der Waals surface area contributed by atoms with Gasteiger partial charge in [-0.3, -0.25) is 4.79 Å². The van der Waals surface area contributed by atoms with E-state index < -0.39 is 12.4 Å². The van der Waals surface area contributed by atoms with Gasteiger partial charge in [-0.15, -0.1) is 6.58 Å². The van der Waals surface area contributed by atoms with Gasteiger partial charge in [0, 0.05) is 0 Å².